The summed E-state index contributed by atoms with van der Waals surface area (Å²) in [5.74, 6) is -0.278. The molecule has 6 heteroatoms. The predicted octanol–water partition coefficient (Wildman–Crippen LogP) is 2.98. The van der Waals surface area contributed by atoms with Crippen LogP contribution in [0.4, 0.5) is 0 Å². The number of hydrogen-bond donors (Lipinski definition) is 0. The molecular weight excluding hydrogens is 243 g/mol. The Hall–Kier alpha value is -0.380. The maximum Gasteiger partial charge on any atom is 0.334 e. The minimum Gasteiger partial charge on any atom is -0.462 e. The molecule has 0 saturated carbocycles. The zero-order valence-corrected chi connectivity index (χ0v) is 12.0. The first kappa shape index (κ1) is 16.6. The molecule has 1 atom stereocenters. The minimum atomic E-state index is -3.13. The molecule has 0 saturated heterocycles. The number of hydrogen-bond acceptors (Lipinski definition) is 5. The maximum absolute atomic E-state index is 12.1. The zero-order valence-electron chi connectivity index (χ0n) is 11.1. The summed E-state index contributed by atoms with van der Waals surface area (Å²) in [4.78, 5) is 11.3. The predicted molar refractivity (Wildman–Crippen MR) is 66.2 cm³/mol. The van der Waals surface area contributed by atoms with Crippen molar-refractivity contribution in [2.45, 2.75) is 46.6 Å². The van der Waals surface area contributed by atoms with Gasteiger partial charge in [-0.1, -0.05) is 6.92 Å². The van der Waals surface area contributed by atoms with E-state index in [0.717, 1.165) is 6.42 Å². The molecule has 0 heterocycles. The Morgan fingerprint density at radius 2 is 1.71 bits per heavy atom. The van der Waals surface area contributed by atoms with E-state index >= 15 is 0 Å². The highest BCUT2D eigenvalue weighted by Gasteiger charge is 2.28. The van der Waals surface area contributed by atoms with Crippen molar-refractivity contribution in [1.82, 2.24) is 0 Å². The molecule has 0 fully saturated rings. The van der Waals surface area contributed by atoms with Gasteiger partial charge in [0, 0.05) is 6.42 Å². The Balaban J connectivity index is 4.25. The monoisotopic (exact) mass is 266 g/mol. The van der Waals surface area contributed by atoms with E-state index in [4.69, 9.17) is 13.8 Å². The summed E-state index contributed by atoms with van der Waals surface area (Å²) in [6.07, 6.45) is 0.750. The smallest absolute Gasteiger partial charge is 0.334 e. The molecule has 0 aliphatic rings. The van der Waals surface area contributed by atoms with E-state index < -0.39 is 13.7 Å². The van der Waals surface area contributed by atoms with Gasteiger partial charge >= 0.3 is 13.6 Å². The summed E-state index contributed by atoms with van der Waals surface area (Å²) < 4.78 is 27.5. The van der Waals surface area contributed by atoms with E-state index in [2.05, 4.69) is 0 Å². The lowest BCUT2D eigenvalue weighted by Gasteiger charge is -2.20. The number of esters is 1. The minimum absolute atomic E-state index is 0.101. The molecule has 5 nitrogen and oxygen atoms in total. The molecule has 0 bridgehead atoms. The van der Waals surface area contributed by atoms with Gasteiger partial charge in [0.05, 0.1) is 19.4 Å². The van der Waals surface area contributed by atoms with Gasteiger partial charge in [0.1, 0.15) is 6.10 Å². The molecule has 0 aromatic rings. The van der Waals surface area contributed by atoms with Crippen molar-refractivity contribution in [1.29, 1.82) is 0 Å². The van der Waals surface area contributed by atoms with Gasteiger partial charge in [0.2, 0.25) is 0 Å². The maximum atomic E-state index is 12.1. The summed E-state index contributed by atoms with van der Waals surface area (Å²) in [6.45, 7) is 7.72. The van der Waals surface area contributed by atoms with Crippen LogP contribution in [-0.2, 0) is 23.1 Å². The summed E-state index contributed by atoms with van der Waals surface area (Å²) in [5.41, 5.74) is 0. The molecule has 0 radical (unpaired) electrons. The normalized spacial score (nSPS) is 13.4. The summed E-state index contributed by atoms with van der Waals surface area (Å²) >= 11 is 0. The lowest BCUT2D eigenvalue weighted by Crippen LogP contribution is -2.20. The van der Waals surface area contributed by atoms with Gasteiger partial charge in [-0.2, -0.15) is 0 Å². The van der Waals surface area contributed by atoms with Crippen LogP contribution < -0.4 is 0 Å². The van der Waals surface area contributed by atoms with Gasteiger partial charge in [0.25, 0.3) is 0 Å². The van der Waals surface area contributed by atoms with Crippen molar-refractivity contribution in [3.05, 3.63) is 0 Å². The Morgan fingerprint density at radius 1 is 1.18 bits per heavy atom. The van der Waals surface area contributed by atoms with Crippen molar-refractivity contribution in [3.63, 3.8) is 0 Å². The fraction of sp³-hybridized carbons (Fsp3) is 0.909. The first-order valence-corrected chi connectivity index (χ1v) is 7.77. The van der Waals surface area contributed by atoms with E-state index in [0.29, 0.717) is 19.6 Å². The lowest BCUT2D eigenvalue weighted by molar-refractivity contribution is -0.147. The quantitative estimate of drug-likeness (QED) is 0.474. The number of carbonyl (C=O) groups excluding carboxylic acids is 1. The molecule has 0 unspecified atom stereocenters. The van der Waals surface area contributed by atoms with Gasteiger partial charge in [-0.15, -0.1) is 0 Å². The van der Waals surface area contributed by atoms with Crippen LogP contribution in [0.5, 0.6) is 0 Å². The van der Waals surface area contributed by atoms with Crippen molar-refractivity contribution in [2.75, 3.05) is 19.4 Å². The van der Waals surface area contributed by atoms with Gasteiger partial charge in [-0.05, 0) is 27.2 Å². The van der Waals surface area contributed by atoms with Crippen molar-refractivity contribution in [2.24, 2.45) is 0 Å². The zero-order chi connectivity index (χ0) is 13.3. The fourth-order valence-electron chi connectivity index (χ4n) is 1.38. The summed E-state index contributed by atoms with van der Waals surface area (Å²) in [6, 6.07) is 0. The van der Waals surface area contributed by atoms with Crippen LogP contribution in [0.3, 0.4) is 0 Å². The van der Waals surface area contributed by atoms with E-state index in [1.807, 2.05) is 6.92 Å². The molecule has 0 spiro atoms. The molecule has 0 aromatic heterocycles. The van der Waals surface area contributed by atoms with E-state index in [1.54, 1.807) is 20.8 Å². The van der Waals surface area contributed by atoms with Crippen molar-refractivity contribution in [3.8, 4) is 0 Å². The molecule has 0 aromatic carbocycles. The summed E-state index contributed by atoms with van der Waals surface area (Å²) in [7, 11) is -3.13. The van der Waals surface area contributed by atoms with Crippen LogP contribution in [0.1, 0.15) is 40.5 Å². The van der Waals surface area contributed by atoms with Crippen LogP contribution >= 0.6 is 7.60 Å². The average Bonchev–Trinajstić information content (AvgIpc) is 2.17. The van der Waals surface area contributed by atoms with Crippen LogP contribution in [0, 0.1) is 0 Å². The molecule has 17 heavy (non-hydrogen) atoms. The Labute approximate surface area is 103 Å². The number of rotatable bonds is 9. The SMILES string of the molecule is CCCC(=O)O[C@H](C)CP(=O)(OCC)OCC. The summed E-state index contributed by atoms with van der Waals surface area (Å²) in [5, 5.41) is 0. The highest BCUT2D eigenvalue weighted by atomic mass is 31.2. The second-order valence-corrected chi connectivity index (χ2v) is 5.78. The first-order valence-electron chi connectivity index (χ1n) is 6.05. The van der Waals surface area contributed by atoms with Crippen LogP contribution in [-0.4, -0.2) is 31.4 Å². The average molecular weight is 266 g/mol. The van der Waals surface area contributed by atoms with Gasteiger partial charge in [-0.25, -0.2) is 0 Å². The number of ether oxygens (including phenoxy) is 1. The van der Waals surface area contributed by atoms with Gasteiger partial charge in [0.15, 0.2) is 0 Å². The molecule has 102 valence electrons. The molecule has 0 N–H and O–H groups in total. The first-order chi connectivity index (χ1) is 7.97. The lowest BCUT2D eigenvalue weighted by atomic mass is 10.3. The van der Waals surface area contributed by atoms with Gasteiger partial charge in [-0.3, -0.25) is 9.36 Å². The van der Waals surface area contributed by atoms with Crippen LogP contribution in [0.25, 0.3) is 0 Å². The Bertz CT molecular complexity index is 257. The molecule has 0 amide bonds. The molecular formula is C11H23O5P. The third-order valence-electron chi connectivity index (χ3n) is 1.92. The fourth-order valence-corrected chi connectivity index (χ4v) is 3.15. The van der Waals surface area contributed by atoms with Crippen molar-refractivity contribution >= 4 is 13.6 Å². The Morgan fingerprint density at radius 3 is 2.12 bits per heavy atom. The molecule has 0 aliphatic carbocycles. The highest BCUT2D eigenvalue weighted by molar-refractivity contribution is 7.53. The van der Waals surface area contributed by atoms with E-state index in [1.165, 1.54) is 0 Å². The van der Waals surface area contributed by atoms with Gasteiger partial charge < -0.3 is 13.8 Å². The standard InChI is InChI=1S/C11H23O5P/c1-5-8-11(12)16-10(4)9-17(13,14-6-2)15-7-3/h10H,5-9H2,1-4H3/t10-/m1/s1. The highest BCUT2D eigenvalue weighted by Crippen LogP contribution is 2.48. The second kappa shape index (κ2) is 8.67. The third kappa shape index (κ3) is 7.53. The largest absolute Gasteiger partial charge is 0.462 e. The topological polar surface area (TPSA) is 61.8 Å². The van der Waals surface area contributed by atoms with E-state index in [9.17, 15) is 9.36 Å². The van der Waals surface area contributed by atoms with Crippen LogP contribution in [0.2, 0.25) is 0 Å². The molecule has 0 aliphatic heterocycles. The second-order valence-electron chi connectivity index (χ2n) is 3.68. The Kier molecular flexibility index (Phi) is 8.48. The molecule has 0 rings (SSSR count). The third-order valence-corrected chi connectivity index (χ3v) is 4.18. The van der Waals surface area contributed by atoms with E-state index in [-0.39, 0.29) is 12.1 Å². The van der Waals surface area contributed by atoms with Crippen molar-refractivity contribution < 1.29 is 23.1 Å². The van der Waals surface area contributed by atoms with Crippen LogP contribution in [0.15, 0.2) is 0 Å². The number of carbonyl (C=O) groups is 1.